The van der Waals surface area contributed by atoms with E-state index in [4.69, 9.17) is 10.2 Å². The van der Waals surface area contributed by atoms with E-state index < -0.39 is 0 Å². The van der Waals surface area contributed by atoms with Crippen LogP contribution in [0.25, 0.3) is 0 Å². The predicted octanol–water partition coefficient (Wildman–Crippen LogP) is 0.445. The Morgan fingerprint density at radius 3 is 1.60 bits per heavy atom. The van der Waals surface area contributed by atoms with E-state index in [1.165, 1.54) is 0 Å². The van der Waals surface area contributed by atoms with Crippen LogP contribution in [0.2, 0.25) is 0 Å². The zero-order valence-electron chi connectivity index (χ0n) is 2.76. The van der Waals surface area contributed by atoms with Gasteiger partial charge in [0.2, 0.25) is 0 Å². The lowest BCUT2D eigenvalue weighted by Gasteiger charge is -1.77. The van der Waals surface area contributed by atoms with Crippen LogP contribution < -0.4 is 0 Å². The Hall–Kier alpha value is -0.0800. The topological polar surface area (TPSA) is 40.5 Å². The first-order valence-corrected chi connectivity index (χ1v) is 1.33. The standard InChI is InChI=1S/C3H6O2/c4-2-1-3-5/h2-5H,1H2. The lowest BCUT2D eigenvalue weighted by Crippen LogP contribution is -1.71. The summed E-state index contributed by atoms with van der Waals surface area (Å²) in [5.41, 5.74) is 0. The van der Waals surface area contributed by atoms with E-state index in [9.17, 15) is 0 Å². The molecule has 2 nitrogen and oxygen atoms in total. The summed E-state index contributed by atoms with van der Waals surface area (Å²) in [6.45, 7) is 1.75. The van der Waals surface area contributed by atoms with Crippen molar-refractivity contribution in [3.63, 3.8) is 0 Å². The molecule has 0 aromatic carbocycles. The predicted molar refractivity (Wildman–Crippen MR) is 17.1 cm³/mol. The molecule has 0 atom stereocenters. The number of rotatable bonds is 2. The molecule has 0 aliphatic heterocycles. The number of hydrogen-bond acceptors (Lipinski definition) is 2. The van der Waals surface area contributed by atoms with E-state index >= 15 is 0 Å². The molecule has 0 aromatic rings. The Balaban J connectivity index is 2.19. The molecule has 0 amide bonds. The second kappa shape index (κ2) is 3.92. The maximum atomic E-state index is 7.75. The molecule has 0 bridgehead atoms. The van der Waals surface area contributed by atoms with Crippen molar-refractivity contribution in [1.82, 2.24) is 0 Å². The van der Waals surface area contributed by atoms with Gasteiger partial charge in [-0.2, -0.15) is 0 Å². The zero-order chi connectivity index (χ0) is 4.12. The van der Waals surface area contributed by atoms with Gasteiger partial charge in [-0.1, -0.05) is 0 Å². The van der Waals surface area contributed by atoms with Crippen LogP contribution in [-0.4, -0.2) is 10.2 Å². The third kappa shape index (κ3) is 3.92. The van der Waals surface area contributed by atoms with Crippen molar-refractivity contribution in [2.45, 2.75) is 6.42 Å². The Morgan fingerprint density at radius 1 is 1.20 bits per heavy atom. The molecule has 2 radical (unpaired) electrons. The first-order valence-electron chi connectivity index (χ1n) is 1.33. The maximum absolute atomic E-state index is 7.75. The second-order valence-electron chi connectivity index (χ2n) is 0.601. The Bertz CT molecular complexity index is 12.4. The van der Waals surface area contributed by atoms with Gasteiger partial charge >= 0.3 is 0 Å². The summed E-state index contributed by atoms with van der Waals surface area (Å²) in [6, 6.07) is 0. The first-order chi connectivity index (χ1) is 2.41. The molecular formula is C3H6O2. The van der Waals surface area contributed by atoms with Crippen LogP contribution in [0.5, 0.6) is 0 Å². The highest BCUT2D eigenvalue weighted by atomic mass is 16.3. The van der Waals surface area contributed by atoms with Crippen molar-refractivity contribution in [2.24, 2.45) is 0 Å². The van der Waals surface area contributed by atoms with Gasteiger partial charge in [-0.3, -0.25) is 0 Å². The summed E-state index contributed by atoms with van der Waals surface area (Å²) < 4.78 is 0. The molecule has 0 fully saturated rings. The minimum absolute atomic E-state index is 0.250. The summed E-state index contributed by atoms with van der Waals surface area (Å²) in [6.07, 6.45) is 0.250. The fourth-order valence-corrected chi connectivity index (χ4v) is 0.0471. The molecule has 0 aliphatic rings. The van der Waals surface area contributed by atoms with Gasteiger partial charge in [0.1, 0.15) is 0 Å². The van der Waals surface area contributed by atoms with Crippen LogP contribution >= 0.6 is 0 Å². The van der Waals surface area contributed by atoms with Crippen molar-refractivity contribution in [1.29, 1.82) is 0 Å². The number of aliphatic hydroxyl groups excluding tert-OH is 2. The summed E-state index contributed by atoms with van der Waals surface area (Å²) in [7, 11) is 0. The van der Waals surface area contributed by atoms with E-state index in [-0.39, 0.29) is 6.42 Å². The van der Waals surface area contributed by atoms with E-state index in [1.807, 2.05) is 0 Å². The third-order valence-corrected chi connectivity index (χ3v) is 0.211. The minimum atomic E-state index is 0.250. The second-order valence-corrected chi connectivity index (χ2v) is 0.601. The molecule has 2 heteroatoms. The van der Waals surface area contributed by atoms with Crippen LogP contribution in [0.3, 0.4) is 0 Å². The third-order valence-electron chi connectivity index (χ3n) is 0.211. The quantitative estimate of drug-likeness (QED) is 0.499. The molecular weight excluding hydrogens is 68.0 g/mol. The van der Waals surface area contributed by atoms with E-state index in [2.05, 4.69) is 0 Å². The van der Waals surface area contributed by atoms with Crippen molar-refractivity contribution < 1.29 is 10.2 Å². The van der Waals surface area contributed by atoms with Gasteiger partial charge in [0.25, 0.3) is 0 Å². The van der Waals surface area contributed by atoms with Crippen molar-refractivity contribution in [3.05, 3.63) is 13.2 Å². The smallest absolute Gasteiger partial charge is 0.0825 e. The molecule has 2 N–H and O–H groups in total. The van der Waals surface area contributed by atoms with Gasteiger partial charge in [-0.25, -0.2) is 0 Å². The van der Waals surface area contributed by atoms with E-state index in [1.54, 1.807) is 0 Å². The molecule has 0 aromatic heterocycles. The number of aliphatic hydroxyl groups is 2. The van der Waals surface area contributed by atoms with Crippen LogP contribution in [0.15, 0.2) is 0 Å². The molecule has 0 unspecified atom stereocenters. The molecule has 0 saturated carbocycles. The van der Waals surface area contributed by atoms with Crippen molar-refractivity contribution in [3.8, 4) is 0 Å². The van der Waals surface area contributed by atoms with Crippen molar-refractivity contribution >= 4 is 0 Å². The summed E-state index contributed by atoms with van der Waals surface area (Å²) >= 11 is 0. The van der Waals surface area contributed by atoms with Gasteiger partial charge in [0.05, 0.1) is 13.2 Å². The van der Waals surface area contributed by atoms with E-state index in [0.29, 0.717) is 0 Å². The molecule has 5 heavy (non-hydrogen) atoms. The molecule has 0 spiro atoms. The van der Waals surface area contributed by atoms with Crippen LogP contribution in [0.1, 0.15) is 6.42 Å². The Kier molecular flexibility index (Phi) is 3.86. The van der Waals surface area contributed by atoms with Crippen LogP contribution in [-0.2, 0) is 0 Å². The van der Waals surface area contributed by atoms with Gasteiger partial charge < -0.3 is 10.2 Å². The average Bonchev–Trinajstić information content (AvgIpc) is 1.41. The maximum Gasteiger partial charge on any atom is 0.0825 e. The highest BCUT2D eigenvalue weighted by molar-refractivity contribution is 4.51. The Morgan fingerprint density at radius 2 is 1.60 bits per heavy atom. The lowest BCUT2D eigenvalue weighted by atomic mass is 10.5. The van der Waals surface area contributed by atoms with Crippen molar-refractivity contribution in [2.75, 3.05) is 0 Å². The highest BCUT2D eigenvalue weighted by Gasteiger charge is 1.72. The zero-order valence-corrected chi connectivity index (χ0v) is 2.76. The van der Waals surface area contributed by atoms with Gasteiger partial charge in [0, 0.05) is 6.42 Å². The van der Waals surface area contributed by atoms with Gasteiger partial charge in [0.15, 0.2) is 0 Å². The van der Waals surface area contributed by atoms with Crippen LogP contribution in [0.4, 0.5) is 0 Å². The van der Waals surface area contributed by atoms with Gasteiger partial charge in [-0.05, 0) is 0 Å². The summed E-state index contributed by atoms with van der Waals surface area (Å²) in [4.78, 5) is 0. The SMILES string of the molecule is O[CH]C[CH]O. The monoisotopic (exact) mass is 74.0 g/mol. The summed E-state index contributed by atoms with van der Waals surface area (Å²) in [5.74, 6) is 0. The lowest BCUT2D eigenvalue weighted by molar-refractivity contribution is 0.325. The molecule has 0 aliphatic carbocycles. The molecule has 0 saturated heterocycles. The van der Waals surface area contributed by atoms with Crippen LogP contribution in [0, 0.1) is 13.2 Å². The molecule has 0 rings (SSSR count). The fraction of sp³-hybridized carbons (Fsp3) is 0.333. The number of hydrogen-bond donors (Lipinski definition) is 2. The first kappa shape index (κ1) is 4.92. The average molecular weight is 74.1 g/mol. The fourth-order valence-electron chi connectivity index (χ4n) is 0.0471. The Labute approximate surface area is 31.1 Å². The minimum Gasteiger partial charge on any atom is -0.390 e. The van der Waals surface area contributed by atoms with E-state index in [0.717, 1.165) is 13.2 Å². The molecule has 0 heterocycles. The summed E-state index contributed by atoms with van der Waals surface area (Å²) in [5, 5.41) is 15.5. The van der Waals surface area contributed by atoms with Gasteiger partial charge in [-0.15, -0.1) is 0 Å². The largest absolute Gasteiger partial charge is 0.390 e. The molecule has 30 valence electrons. The normalized spacial score (nSPS) is 8.40. The highest BCUT2D eigenvalue weighted by Crippen LogP contribution is 1.79.